The number of amides is 1. The Morgan fingerprint density at radius 3 is 2.38 bits per heavy atom. The zero-order valence-electron chi connectivity index (χ0n) is 18.0. The molecule has 0 atom stereocenters. The van der Waals surface area contributed by atoms with E-state index in [-0.39, 0.29) is 11.7 Å². The van der Waals surface area contributed by atoms with Gasteiger partial charge < -0.3 is 19.5 Å². The van der Waals surface area contributed by atoms with Crippen LogP contribution in [0.4, 0.5) is 5.69 Å². The number of hydrogen-bond donors (Lipinski definition) is 1. The molecule has 0 saturated heterocycles. The number of rotatable bonds is 8. The van der Waals surface area contributed by atoms with E-state index in [4.69, 9.17) is 19.2 Å². The number of aromatic nitrogens is 2. The van der Waals surface area contributed by atoms with Gasteiger partial charge in [-0.1, -0.05) is 23.9 Å². The van der Waals surface area contributed by atoms with Crippen molar-refractivity contribution in [2.75, 3.05) is 32.4 Å². The normalized spacial score (nSPS) is 10.7. The lowest BCUT2D eigenvalue weighted by molar-refractivity contribution is -0.113. The number of para-hydroxylation sites is 2. The lowest BCUT2D eigenvalue weighted by Crippen LogP contribution is -2.15. The highest BCUT2D eigenvalue weighted by molar-refractivity contribution is 7.99. The summed E-state index contributed by atoms with van der Waals surface area (Å²) in [6.45, 7) is 0. The van der Waals surface area contributed by atoms with Gasteiger partial charge in [-0.05, 0) is 48.5 Å². The maximum atomic E-state index is 12.7. The van der Waals surface area contributed by atoms with Crippen LogP contribution in [0.5, 0.6) is 17.2 Å². The maximum Gasteiger partial charge on any atom is 0.234 e. The molecule has 164 valence electrons. The van der Waals surface area contributed by atoms with Gasteiger partial charge in [-0.2, -0.15) is 0 Å². The quantitative estimate of drug-likeness (QED) is 0.390. The van der Waals surface area contributed by atoms with Gasteiger partial charge in [0.2, 0.25) is 5.91 Å². The third-order valence-corrected chi connectivity index (χ3v) is 5.81. The first-order valence-corrected chi connectivity index (χ1v) is 10.9. The molecule has 0 saturated carbocycles. The topological polar surface area (TPSA) is 74.6 Å². The van der Waals surface area contributed by atoms with Crippen molar-refractivity contribution >= 4 is 34.4 Å². The van der Waals surface area contributed by atoms with E-state index in [1.807, 2.05) is 53.1 Å². The number of nitrogens with one attached hydrogen (secondary N) is 1. The monoisotopic (exact) mass is 449 g/mol. The molecule has 1 amide bonds. The zero-order chi connectivity index (χ0) is 22.5. The minimum atomic E-state index is -0.160. The predicted molar refractivity (Wildman–Crippen MR) is 127 cm³/mol. The van der Waals surface area contributed by atoms with Gasteiger partial charge in [0.05, 0.1) is 43.8 Å². The third-order valence-electron chi connectivity index (χ3n) is 4.88. The molecule has 4 rings (SSSR count). The first-order valence-electron chi connectivity index (χ1n) is 9.89. The first-order chi connectivity index (χ1) is 15.6. The summed E-state index contributed by atoms with van der Waals surface area (Å²) in [5.74, 6) is 2.00. The Labute approximate surface area is 190 Å². The molecule has 0 unspecified atom stereocenters. The molecule has 32 heavy (non-hydrogen) atoms. The molecule has 0 aliphatic rings. The molecule has 0 aliphatic carbocycles. The van der Waals surface area contributed by atoms with Gasteiger partial charge in [-0.25, -0.2) is 4.98 Å². The summed E-state index contributed by atoms with van der Waals surface area (Å²) < 4.78 is 17.9. The van der Waals surface area contributed by atoms with E-state index >= 15 is 0 Å². The van der Waals surface area contributed by atoms with E-state index in [2.05, 4.69) is 5.32 Å². The number of benzene rings is 3. The van der Waals surface area contributed by atoms with Gasteiger partial charge in [0.15, 0.2) is 5.16 Å². The Hall–Kier alpha value is -3.65. The van der Waals surface area contributed by atoms with Crippen LogP contribution in [0, 0.1) is 0 Å². The molecule has 0 bridgehead atoms. The number of methoxy groups -OCH3 is 3. The van der Waals surface area contributed by atoms with Gasteiger partial charge in [0.25, 0.3) is 0 Å². The van der Waals surface area contributed by atoms with Gasteiger partial charge in [-0.3, -0.25) is 9.36 Å². The number of carbonyl (C=O) groups is 1. The lowest BCUT2D eigenvalue weighted by atomic mass is 10.2. The minimum Gasteiger partial charge on any atom is -0.497 e. The predicted octanol–water partition coefficient (Wildman–Crippen LogP) is 4.78. The molecule has 1 heterocycles. The van der Waals surface area contributed by atoms with E-state index in [9.17, 15) is 4.79 Å². The number of imidazole rings is 1. The van der Waals surface area contributed by atoms with Crippen molar-refractivity contribution in [2.24, 2.45) is 0 Å². The van der Waals surface area contributed by atoms with E-state index in [0.717, 1.165) is 27.6 Å². The van der Waals surface area contributed by atoms with E-state index < -0.39 is 0 Å². The van der Waals surface area contributed by atoms with Crippen molar-refractivity contribution in [1.82, 2.24) is 9.55 Å². The molecule has 8 heteroatoms. The second kappa shape index (κ2) is 9.65. The Bertz CT molecular complexity index is 1240. The Morgan fingerprint density at radius 1 is 0.938 bits per heavy atom. The highest BCUT2D eigenvalue weighted by atomic mass is 32.2. The van der Waals surface area contributed by atoms with Crippen molar-refractivity contribution < 1.29 is 19.0 Å². The first kappa shape index (κ1) is 21.6. The van der Waals surface area contributed by atoms with Crippen LogP contribution < -0.4 is 19.5 Å². The Kier molecular flexibility index (Phi) is 6.51. The molecular weight excluding hydrogens is 426 g/mol. The standard InChI is InChI=1S/C24H23N3O4S/c1-29-17-10-8-16(9-11-17)27-21-7-5-4-6-19(21)26-24(27)32-15-23(28)25-20-13-12-18(30-2)14-22(20)31-3/h4-14H,15H2,1-3H3,(H,25,28). The highest BCUT2D eigenvalue weighted by Gasteiger charge is 2.16. The smallest absolute Gasteiger partial charge is 0.234 e. The summed E-state index contributed by atoms with van der Waals surface area (Å²) in [4.78, 5) is 17.4. The number of carbonyl (C=O) groups excluding carboxylic acids is 1. The summed E-state index contributed by atoms with van der Waals surface area (Å²) in [5.41, 5.74) is 3.36. The lowest BCUT2D eigenvalue weighted by Gasteiger charge is -2.12. The SMILES string of the molecule is COc1ccc(-n2c(SCC(=O)Nc3ccc(OC)cc3OC)nc3ccccc32)cc1. The van der Waals surface area contributed by atoms with Gasteiger partial charge in [0.1, 0.15) is 17.2 Å². The summed E-state index contributed by atoms with van der Waals surface area (Å²) in [7, 11) is 4.77. The molecule has 0 fully saturated rings. The summed E-state index contributed by atoms with van der Waals surface area (Å²) in [5, 5.41) is 3.63. The van der Waals surface area contributed by atoms with Crippen LogP contribution in [0.1, 0.15) is 0 Å². The minimum absolute atomic E-state index is 0.160. The van der Waals surface area contributed by atoms with Crippen LogP contribution in [-0.4, -0.2) is 42.5 Å². The number of nitrogens with zero attached hydrogens (tertiary/aromatic N) is 2. The Morgan fingerprint density at radius 2 is 1.66 bits per heavy atom. The van der Waals surface area contributed by atoms with Crippen molar-refractivity contribution in [3.63, 3.8) is 0 Å². The van der Waals surface area contributed by atoms with Crippen LogP contribution in [0.15, 0.2) is 71.9 Å². The largest absolute Gasteiger partial charge is 0.497 e. The molecule has 0 aliphatic heterocycles. The van der Waals surface area contributed by atoms with E-state index in [0.29, 0.717) is 17.2 Å². The maximum absolute atomic E-state index is 12.7. The fourth-order valence-corrected chi connectivity index (χ4v) is 4.13. The van der Waals surface area contributed by atoms with Crippen molar-refractivity contribution in [3.8, 4) is 22.9 Å². The van der Waals surface area contributed by atoms with Crippen molar-refractivity contribution in [1.29, 1.82) is 0 Å². The fourth-order valence-electron chi connectivity index (χ4n) is 3.30. The number of hydrogen-bond acceptors (Lipinski definition) is 6. The molecule has 7 nitrogen and oxygen atoms in total. The van der Waals surface area contributed by atoms with Crippen LogP contribution in [0.25, 0.3) is 16.7 Å². The average molecular weight is 450 g/mol. The number of fused-ring (bicyclic) bond motifs is 1. The summed E-state index contributed by atoms with van der Waals surface area (Å²) in [6, 6.07) is 20.9. The molecular formula is C24H23N3O4S. The second-order valence-electron chi connectivity index (χ2n) is 6.82. The molecule has 1 N–H and O–H groups in total. The van der Waals surface area contributed by atoms with E-state index in [1.54, 1.807) is 39.5 Å². The Balaban J connectivity index is 1.56. The van der Waals surface area contributed by atoms with Crippen molar-refractivity contribution in [3.05, 3.63) is 66.7 Å². The number of thioether (sulfide) groups is 1. The average Bonchev–Trinajstić information content (AvgIpc) is 3.21. The summed E-state index contributed by atoms with van der Waals surface area (Å²) >= 11 is 1.37. The summed E-state index contributed by atoms with van der Waals surface area (Å²) in [6.07, 6.45) is 0. The van der Waals surface area contributed by atoms with Crippen molar-refractivity contribution in [2.45, 2.75) is 5.16 Å². The second-order valence-corrected chi connectivity index (χ2v) is 7.76. The van der Waals surface area contributed by atoms with Crippen LogP contribution >= 0.6 is 11.8 Å². The van der Waals surface area contributed by atoms with E-state index in [1.165, 1.54) is 11.8 Å². The van der Waals surface area contributed by atoms with Crippen LogP contribution in [-0.2, 0) is 4.79 Å². The fraction of sp³-hybridized carbons (Fsp3) is 0.167. The third kappa shape index (κ3) is 4.50. The van der Waals surface area contributed by atoms with Crippen LogP contribution in [0.2, 0.25) is 0 Å². The number of ether oxygens (including phenoxy) is 3. The molecule has 0 radical (unpaired) electrons. The van der Waals surface area contributed by atoms with Gasteiger partial charge >= 0.3 is 0 Å². The van der Waals surface area contributed by atoms with Crippen LogP contribution in [0.3, 0.4) is 0 Å². The molecule has 0 spiro atoms. The number of anilines is 1. The zero-order valence-corrected chi connectivity index (χ0v) is 18.8. The van der Waals surface area contributed by atoms with Gasteiger partial charge in [-0.15, -0.1) is 0 Å². The molecule has 4 aromatic rings. The van der Waals surface area contributed by atoms with Gasteiger partial charge in [0, 0.05) is 11.8 Å². The molecule has 1 aromatic heterocycles. The molecule has 3 aromatic carbocycles. The highest BCUT2D eigenvalue weighted by Crippen LogP contribution is 2.31.